The van der Waals surface area contributed by atoms with Crippen LogP contribution < -0.4 is 14.8 Å². The number of anilines is 1. The first-order valence-corrected chi connectivity index (χ1v) is 7.57. The van der Waals surface area contributed by atoms with E-state index in [-0.39, 0.29) is 11.8 Å². The zero-order chi connectivity index (χ0) is 15.4. The fraction of sp³-hybridized carbons (Fsp3) is 0.278. The van der Waals surface area contributed by atoms with Gasteiger partial charge in [-0.1, -0.05) is 12.1 Å². The Morgan fingerprint density at radius 1 is 1.09 bits per heavy atom. The van der Waals surface area contributed by atoms with Gasteiger partial charge < -0.3 is 14.8 Å². The van der Waals surface area contributed by atoms with Gasteiger partial charge in [0.15, 0.2) is 5.75 Å². The molecule has 0 unspecified atom stereocenters. The van der Waals surface area contributed by atoms with Crippen LogP contribution in [0.15, 0.2) is 48.5 Å². The topological polar surface area (TPSA) is 47.6 Å². The Bertz CT molecular complexity index is 648. The van der Waals surface area contributed by atoms with Crippen LogP contribution in [0.2, 0.25) is 0 Å². The minimum absolute atomic E-state index is 0.0720. The first-order chi connectivity index (χ1) is 10.8. The summed E-state index contributed by atoms with van der Waals surface area (Å²) in [7, 11) is 0. The average molecular weight is 297 g/mol. The molecule has 2 aromatic rings. The molecular weight excluding hydrogens is 278 g/mol. The number of carbonyl (C=O) groups excluding carboxylic acids is 1. The molecule has 0 radical (unpaired) electrons. The number of para-hydroxylation sites is 2. The number of hydrogen-bond donors (Lipinski definition) is 1. The van der Waals surface area contributed by atoms with Crippen molar-refractivity contribution >= 4 is 11.6 Å². The van der Waals surface area contributed by atoms with Gasteiger partial charge in [-0.15, -0.1) is 0 Å². The van der Waals surface area contributed by atoms with Crippen LogP contribution >= 0.6 is 0 Å². The van der Waals surface area contributed by atoms with Crippen molar-refractivity contribution < 1.29 is 14.3 Å². The lowest BCUT2D eigenvalue weighted by atomic mass is 10.2. The summed E-state index contributed by atoms with van der Waals surface area (Å²) in [5.74, 6) is 2.39. The predicted octanol–water partition coefficient (Wildman–Crippen LogP) is 4.23. The number of benzene rings is 2. The Kier molecular flexibility index (Phi) is 4.28. The monoisotopic (exact) mass is 297 g/mol. The molecule has 4 nitrogen and oxygen atoms in total. The van der Waals surface area contributed by atoms with Crippen LogP contribution in [0.5, 0.6) is 17.2 Å². The highest BCUT2D eigenvalue weighted by Crippen LogP contribution is 2.34. The molecule has 22 heavy (non-hydrogen) atoms. The van der Waals surface area contributed by atoms with Crippen LogP contribution in [0.1, 0.15) is 19.8 Å². The van der Waals surface area contributed by atoms with Crippen molar-refractivity contribution in [3.05, 3.63) is 48.5 Å². The standard InChI is InChI=1S/C18H19NO3/c1-2-21-14-9-11-15(12-10-14)22-17-6-4-3-5-16(17)19-18(20)13-7-8-13/h3-6,9-13H,2,7-8H2,1H3,(H,19,20). The van der Waals surface area contributed by atoms with E-state index >= 15 is 0 Å². The molecule has 1 fully saturated rings. The SMILES string of the molecule is CCOc1ccc(Oc2ccccc2NC(=O)C2CC2)cc1. The van der Waals surface area contributed by atoms with E-state index in [1.54, 1.807) is 0 Å². The van der Waals surface area contributed by atoms with E-state index in [9.17, 15) is 4.79 Å². The molecule has 0 atom stereocenters. The van der Waals surface area contributed by atoms with Gasteiger partial charge >= 0.3 is 0 Å². The van der Waals surface area contributed by atoms with Gasteiger partial charge in [-0.3, -0.25) is 4.79 Å². The molecule has 0 aromatic heterocycles. The summed E-state index contributed by atoms with van der Waals surface area (Å²) in [6, 6.07) is 14.9. The summed E-state index contributed by atoms with van der Waals surface area (Å²) in [5, 5.41) is 2.94. The van der Waals surface area contributed by atoms with Crippen LogP contribution in [0.3, 0.4) is 0 Å². The predicted molar refractivity (Wildman–Crippen MR) is 85.5 cm³/mol. The number of nitrogens with one attached hydrogen (secondary N) is 1. The normalized spacial score (nSPS) is 13.5. The molecule has 114 valence electrons. The van der Waals surface area contributed by atoms with Gasteiger partial charge in [0.2, 0.25) is 5.91 Å². The number of ether oxygens (including phenoxy) is 2. The summed E-state index contributed by atoms with van der Waals surface area (Å²) >= 11 is 0. The summed E-state index contributed by atoms with van der Waals surface area (Å²) < 4.78 is 11.3. The van der Waals surface area contributed by atoms with E-state index in [0.717, 1.165) is 18.6 Å². The smallest absolute Gasteiger partial charge is 0.227 e. The third-order valence-electron chi connectivity index (χ3n) is 3.46. The van der Waals surface area contributed by atoms with Gasteiger partial charge in [-0.2, -0.15) is 0 Å². The summed E-state index contributed by atoms with van der Waals surface area (Å²) in [6.07, 6.45) is 1.96. The van der Waals surface area contributed by atoms with Crippen LogP contribution in [-0.4, -0.2) is 12.5 Å². The van der Waals surface area contributed by atoms with Crippen molar-refractivity contribution in [2.75, 3.05) is 11.9 Å². The molecule has 4 heteroatoms. The van der Waals surface area contributed by atoms with E-state index in [1.807, 2.05) is 55.5 Å². The molecule has 1 amide bonds. The second kappa shape index (κ2) is 6.52. The van der Waals surface area contributed by atoms with Gasteiger partial charge in [0.05, 0.1) is 12.3 Å². The summed E-state index contributed by atoms with van der Waals surface area (Å²) in [6.45, 7) is 2.58. The maximum atomic E-state index is 11.9. The maximum Gasteiger partial charge on any atom is 0.227 e. The second-order valence-corrected chi connectivity index (χ2v) is 5.27. The zero-order valence-corrected chi connectivity index (χ0v) is 12.5. The highest BCUT2D eigenvalue weighted by atomic mass is 16.5. The van der Waals surface area contributed by atoms with Crippen LogP contribution in [-0.2, 0) is 4.79 Å². The molecule has 0 saturated heterocycles. The first kappa shape index (κ1) is 14.4. The number of amides is 1. The first-order valence-electron chi connectivity index (χ1n) is 7.57. The molecule has 1 saturated carbocycles. The summed E-state index contributed by atoms with van der Waals surface area (Å²) in [4.78, 5) is 11.9. The van der Waals surface area contributed by atoms with Gasteiger partial charge in [0.1, 0.15) is 11.5 Å². The van der Waals surface area contributed by atoms with Crippen LogP contribution in [0.25, 0.3) is 0 Å². The van der Waals surface area contributed by atoms with Crippen LogP contribution in [0.4, 0.5) is 5.69 Å². The highest BCUT2D eigenvalue weighted by Gasteiger charge is 2.30. The van der Waals surface area contributed by atoms with E-state index in [2.05, 4.69) is 5.32 Å². The van der Waals surface area contributed by atoms with Crippen molar-refractivity contribution in [1.82, 2.24) is 0 Å². The molecular formula is C18H19NO3. The summed E-state index contributed by atoms with van der Waals surface area (Å²) in [5.41, 5.74) is 0.702. The molecule has 3 rings (SSSR count). The molecule has 0 heterocycles. The van der Waals surface area contributed by atoms with E-state index in [1.165, 1.54) is 0 Å². The van der Waals surface area contributed by atoms with Crippen molar-refractivity contribution in [2.24, 2.45) is 5.92 Å². The Labute approximate surface area is 130 Å². The van der Waals surface area contributed by atoms with Crippen LogP contribution in [0, 0.1) is 5.92 Å². The molecule has 1 aliphatic rings. The van der Waals surface area contributed by atoms with Gasteiger partial charge in [-0.25, -0.2) is 0 Å². The third-order valence-corrected chi connectivity index (χ3v) is 3.46. The highest BCUT2D eigenvalue weighted by molar-refractivity contribution is 5.95. The lowest BCUT2D eigenvalue weighted by molar-refractivity contribution is -0.117. The molecule has 1 aliphatic carbocycles. The van der Waals surface area contributed by atoms with Crippen molar-refractivity contribution in [3.8, 4) is 17.2 Å². The Balaban J connectivity index is 1.72. The molecule has 0 bridgehead atoms. The molecule has 2 aromatic carbocycles. The number of carbonyl (C=O) groups is 1. The van der Waals surface area contributed by atoms with Gasteiger partial charge in [-0.05, 0) is 56.2 Å². The van der Waals surface area contributed by atoms with E-state index < -0.39 is 0 Å². The van der Waals surface area contributed by atoms with E-state index in [0.29, 0.717) is 23.8 Å². The van der Waals surface area contributed by atoms with Crippen molar-refractivity contribution in [3.63, 3.8) is 0 Å². The fourth-order valence-corrected chi connectivity index (χ4v) is 2.14. The van der Waals surface area contributed by atoms with Gasteiger partial charge in [0.25, 0.3) is 0 Å². The fourth-order valence-electron chi connectivity index (χ4n) is 2.14. The quantitative estimate of drug-likeness (QED) is 0.868. The second-order valence-electron chi connectivity index (χ2n) is 5.27. The lowest BCUT2D eigenvalue weighted by Crippen LogP contribution is -2.13. The maximum absolute atomic E-state index is 11.9. The average Bonchev–Trinajstić information content (AvgIpc) is 3.36. The third kappa shape index (κ3) is 3.58. The lowest BCUT2D eigenvalue weighted by Gasteiger charge is -2.12. The largest absolute Gasteiger partial charge is 0.494 e. The van der Waals surface area contributed by atoms with Crippen molar-refractivity contribution in [2.45, 2.75) is 19.8 Å². The Morgan fingerprint density at radius 3 is 2.45 bits per heavy atom. The Hall–Kier alpha value is -2.49. The van der Waals surface area contributed by atoms with E-state index in [4.69, 9.17) is 9.47 Å². The van der Waals surface area contributed by atoms with Gasteiger partial charge in [0, 0.05) is 5.92 Å². The number of rotatable bonds is 6. The molecule has 0 aliphatic heterocycles. The Morgan fingerprint density at radius 2 is 1.77 bits per heavy atom. The molecule has 1 N–H and O–H groups in total. The molecule has 0 spiro atoms. The number of hydrogen-bond acceptors (Lipinski definition) is 3. The minimum Gasteiger partial charge on any atom is -0.494 e. The van der Waals surface area contributed by atoms with Crippen molar-refractivity contribution in [1.29, 1.82) is 0 Å². The minimum atomic E-state index is 0.0720. The zero-order valence-electron chi connectivity index (χ0n) is 12.5.